The fourth-order valence-electron chi connectivity index (χ4n) is 10.3. The highest BCUT2D eigenvalue weighted by Gasteiger charge is 2.63. The van der Waals surface area contributed by atoms with E-state index >= 15 is 0 Å². The van der Waals surface area contributed by atoms with Crippen molar-refractivity contribution in [3.8, 4) is 0 Å². The van der Waals surface area contributed by atoms with Crippen molar-refractivity contribution in [2.75, 3.05) is 16.9 Å². The van der Waals surface area contributed by atoms with Gasteiger partial charge in [0, 0.05) is 6.42 Å². The number of carbonyl (C=O) groups is 1. The molecule has 1 aromatic carbocycles. The van der Waals surface area contributed by atoms with Crippen LogP contribution in [0.2, 0.25) is 0 Å². The van der Waals surface area contributed by atoms with Gasteiger partial charge in [-0.1, -0.05) is 26.8 Å². The first-order valence-corrected chi connectivity index (χ1v) is 15.1. The van der Waals surface area contributed by atoms with E-state index in [4.69, 9.17) is 0 Å². The summed E-state index contributed by atoms with van der Waals surface area (Å²) in [5.41, 5.74) is 3.50. The quantitative estimate of drug-likeness (QED) is 0.458. The highest BCUT2D eigenvalue weighted by molar-refractivity contribution is 5.99. The number of nitrogens with zero attached hydrogens (tertiary/aromatic N) is 1. The molecule has 5 nitrogen and oxygen atoms in total. The maximum atomic E-state index is 13.2. The molecule has 0 spiro atoms. The number of hydrogen-bond donors (Lipinski definition) is 3. The third-order valence-corrected chi connectivity index (χ3v) is 12.5. The molecule has 204 valence electrons. The zero-order chi connectivity index (χ0) is 26.1. The van der Waals surface area contributed by atoms with Gasteiger partial charge in [0.1, 0.15) is 0 Å². The summed E-state index contributed by atoms with van der Waals surface area (Å²) in [6, 6.07) is 6.26. The van der Waals surface area contributed by atoms with Crippen molar-refractivity contribution >= 4 is 17.3 Å². The van der Waals surface area contributed by atoms with E-state index in [0.29, 0.717) is 48.6 Å². The van der Waals surface area contributed by atoms with Crippen LogP contribution in [-0.4, -0.2) is 35.0 Å². The summed E-state index contributed by atoms with van der Waals surface area (Å²) in [6.07, 6.45) is 9.94. The van der Waals surface area contributed by atoms with Crippen molar-refractivity contribution in [2.24, 2.45) is 46.3 Å². The lowest BCUT2D eigenvalue weighted by molar-refractivity contribution is -0.174. The standard InChI is InChI=1S/C32H48N2O3/c1-19-5-11-28-27(15-19)33-18-34(28)30(37)12-6-20(2)24-9-10-25-23-8-7-21-16-22(35)13-14-31(21,3)26(23)17-29(36)32(24,25)4/h5,11,15,20-26,29,33,35-36H,6-10,12-14,16-18H2,1-4H3/t20-,21-,22-,23+,24-,25+,26+,29+,31+,32-/m1/s1. The van der Waals surface area contributed by atoms with Crippen LogP contribution < -0.4 is 10.2 Å². The molecule has 5 aliphatic rings. The molecule has 10 atom stereocenters. The highest BCUT2D eigenvalue weighted by Crippen LogP contribution is 2.68. The lowest BCUT2D eigenvalue weighted by atomic mass is 9.43. The Morgan fingerprint density at radius 3 is 2.73 bits per heavy atom. The number of anilines is 2. The zero-order valence-corrected chi connectivity index (χ0v) is 23.4. The Morgan fingerprint density at radius 1 is 1.11 bits per heavy atom. The Morgan fingerprint density at radius 2 is 1.92 bits per heavy atom. The largest absolute Gasteiger partial charge is 0.393 e. The Labute approximate surface area is 223 Å². The number of rotatable bonds is 4. The minimum Gasteiger partial charge on any atom is -0.393 e. The van der Waals surface area contributed by atoms with Crippen molar-refractivity contribution in [3.05, 3.63) is 23.8 Å². The van der Waals surface area contributed by atoms with Gasteiger partial charge in [-0.3, -0.25) is 9.69 Å². The summed E-state index contributed by atoms with van der Waals surface area (Å²) in [6.45, 7) is 9.87. The minimum atomic E-state index is -0.260. The van der Waals surface area contributed by atoms with Crippen LogP contribution in [-0.2, 0) is 4.79 Å². The second-order valence-corrected chi connectivity index (χ2v) is 14.1. The molecule has 37 heavy (non-hydrogen) atoms. The second kappa shape index (κ2) is 9.26. The maximum Gasteiger partial charge on any atom is 0.228 e. The lowest BCUT2D eigenvalue weighted by Crippen LogP contribution is -2.58. The van der Waals surface area contributed by atoms with Crippen LogP contribution in [0.3, 0.4) is 0 Å². The summed E-state index contributed by atoms with van der Waals surface area (Å²) in [7, 11) is 0. The van der Waals surface area contributed by atoms with Crippen molar-refractivity contribution in [3.63, 3.8) is 0 Å². The summed E-state index contributed by atoms with van der Waals surface area (Å²) in [5.74, 6) is 3.61. The molecule has 6 rings (SSSR count). The number of amides is 1. The molecule has 0 saturated heterocycles. The first-order valence-electron chi connectivity index (χ1n) is 15.1. The van der Waals surface area contributed by atoms with E-state index in [1.54, 1.807) is 0 Å². The number of fused-ring (bicyclic) bond motifs is 6. The van der Waals surface area contributed by atoms with Crippen LogP contribution in [0.15, 0.2) is 18.2 Å². The summed E-state index contributed by atoms with van der Waals surface area (Å²) < 4.78 is 0. The molecule has 0 unspecified atom stereocenters. The fourth-order valence-corrected chi connectivity index (χ4v) is 10.3. The molecule has 5 heteroatoms. The van der Waals surface area contributed by atoms with Crippen LogP contribution in [0.25, 0.3) is 0 Å². The van der Waals surface area contributed by atoms with E-state index in [-0.39, 0.29) is 28.9 Å². The zero-order valence-electron chi connectivity index (χ0n) is 23.4. The van der Waals surface area contributed by atoms with Gasteiger partial charge in [0.2, 0.25) is 5.91 Å². The molecule has 1 heterocycles. The molecule has 1 aliphatic heterocycles. The fraction of sp³-hybridized carbons (Fsp3) is 0.781. The maximum absolute atomic E-state index is 13.2. The summed E-state index contributed by atoms with van der Waals surface area (Å²) in [4.78, 5) is 15.1. The molecule has 3 N–H and O–H groups in total. The predicted molar refractivity (Wildman–Crippen MR) is 148 cm³/mol. The van der Waals surface area contributed by atoms with E-state index in [9.17, 15) is 15.0 Å². The van der Waals surface area contributed by atoms with Gasteiger partial charge in [-0.25, -0.2) is 0 Å². The summed E-state index contributed by atoms with van der Waals surface area (Å²) >= 11 is 0. The van der Waals surface area contributed by atoms with E-state index in [1.807, 2.05) is 4.90 Å². The van der Waals surface area contributed by atoms with Gasteiger partial charge in [0.25, 0.3) is 0 Å². The first-order chi connectivity index (χ1) is 17.6. The van der Waals surface area contributed by atoms with Gasteiger partial charge in [-0.2, -0.15) is 0 Å². The number of nitrogens with one attached hydrogen (secondary N) is 1. The SMILES string of the molecule is Cc1ccc2c(c1)NCN2C(=O)CC[C@@H](C)[C@H]1CC[C@H]2[C@@H]3CC[C@@H]4C[C@H](O)CC[C@]4(C)[C@H]3C[C@H](O)[C@]12C. The molecule has 4 fully saturated rings. The molecule has 0 radical (unpaired) electrons. The average molecular weight is 509 g/mol. The van der Waals surface area contributed by atoms with Crippen LogP contribution in [0.5, 0.6) is 0 Å². The number of benzene rings is 1. The number of aliphatic hydroxyl groups is 2. The van der Waals surface area contributed by atoms with Crippen LogP contribution in [0.4, 0.5) is 11.4 Å². The number of hydrogen-bond acceptors (Lipinski definition) is 4. The molecule has 0 bridgehead atoms. The number of carbonyl (C=O) groups excluding carboxylic acids is 1. The number of aryl methyl sites for hydroxylation is 1. The van der Waals surface area contributed by atoms with Gasteiger partial charge < -0.3 is 15.5 Å². The Kier molecular flexibility index (Phi) is 6.42. The Balaban J connectivity index is 1.13. The highest BCUT2D eigenvalue weighted by atomic mass is 16.3. The smallest absolute Gasteiger partial charge is 0.228 e. The second-order valence-electron chi connectivity index (χ2n) is 14.1. The van der Waals surface area contributed by atoms with Crippen molar-refractivity contribution in [1.82, 2.24) is 0 Å². The van der Waals surface area contributed by atoms with E-state index in [2.05, 4.69) is 51.2 Å². The third-order valence-electron chi connectivity index (χ3n) is 12.5. The van der Waals surface area contributed by atoms with E-state index in [0.717, 1.165) is 43.5 Å². The molecule has 0 aromatic heterocycles. The van der Waals surface area contributed by atoms with Gasteiger partial charge >= 0.3 is 0 Å². The molecule has 1 aromatic rings. The first kappa shape index (κ1) is 25.7. The normalized spacial score (nSPS) is 43.3. The topological polar surface area (TPSA) is 72.8 Å². The van der Waals surface area contributed by atoms with Gasteiger partial charge in [0.15, 0.2) is 0 Å². The monoisotopic (exact) mass is 508 g/mol. The lowest BCUT2D eigenvalue weighted by Gasteiger charge is -2.62. The molecular formula is C32H48N2O3. The Bertz CT molecular complexity index is 1040. The van der Waals surface area contributed by atoms with Crippen molar-refractivity contribution in [2.45, 2.75) is 104 Å². The summed E-state index contributed by atoms with van der Waals surface area (Å²) in [5, 5.41) is 25.5. The van der Waals surface area contributed by atoms with Crippen molar-refractivity contribution < 1.29 is 15.0 Å². The van der Waals surface area contributed by atoms with E-state index < -0.39 is 0 Å². The van der Waals surface area contributed by atoms with Gasteiger partial charge in [-0.05, 0) is 129 Å². The van der Waals surface area contributed by atoms with E-state index in [1.165, 1.54) is 31.2 Å². The van der Waals surface area contributed by atoms with Crippen molar-refractivity contribution in [1.29, 1.82) is 0 Å². The minimum absolute atomic E-state index is 0.0413. The number of aliphatic hydroxyl groups excluding tert-OH is 2. The van der Waals surface area contributed by atoms with Crippen LogP contribution in [0.1, 0.15) is 90.5 Å². The third kappa shape index (κ3) is 3.97. The molecule has 4 aliphatic carbocycles. The molecule has 4 saturated carbocycles. The predicted octanol–water partition coefficient (Wildman–Crippen LogP) is 6.12. The van der Waals surface area contributed by atoms with Gasteiger partial charge in [0.05, 0.1) is 30.3 Å². The molecular weight excluding hydrogens is 460 g/mol. The average Bonchev–Trinajstić information content (AvgIpc) is 3.45. The van der Waals surface area contributed by atoms with Crippen LogP contribution in [0, 0.1) is 53.3 Å². The van der Waals surface area contributed by atoms with Crippen LogP contribution >= 0.6 is 0 Å². The molecule has 1 amide bonds. The van der Waals surface area contributed by atoms with Gasteiger partial charge in [-0.15, -0.1) is 0 Å². The Hall–Kier alpha value is -1.59.